The number of aromatic nitrogens is 2. The lowest BCUT2D eigenvalue weighted by Crippen LogP contribution is -2.52. The van der Waals surface area contributed by atoms with Crippen molar-refractivity contribution in [1.82, 2.24) is 19.4 Å². The second-order valence-corrected chi connectivity index (χ2v) is 9.24. The summed E-state index contributed by atoms with van der Waals surface area (Å²) in [4.78, 5) is 24.3. The molecule has 8 heteroatoms. The number of nitrogens with zero attached hydrogens (tertiary/aromatic N) is 5. The first kappa shape index (κ1) is 22.8. The van der Waals surface area contributed by atoms with Gasteiger partial charge in [0.1, 0.15) is 17.5 Å². The van der Waals surface area contributed by atoms with Gasteiger partial charge in [-0.25, -0.2) is 13.8 Å². The number of piperidine rings is 1. The van der Waals surface area contributed by atoms with Gasteiger partial charge >= 0.3 is 0 Å². The molecule has 3 aromatic rings. The van der Waals surface area contributed by atoms with E-state index in [1.807, 2.05) is 28.0 Å². The first-order valence-electron chi connectivity index (χ1n) is 12.2. The maximum Gasteiger partial charge on any atom is 0.227 e. The molecule has 2 aromatic carbocycles. The van der Waals surface area contributed by atoms with E-state index in [0.717, 1.165) is 61.9 Å². The maximum absolute atomic E-state index is 14.2. The number of fused-ring (bicyclic) bond motifs is 1. The first-order chi connectivity index (χ1) is 16.5. The molecule has 34 heavy (non-hydrogen) atoms. The van der Waals surface area contributed by atoms with E-state index in [9.17, 15) is 13.6 Å². The van der Waals surface area contributed by atoms with E-state index in [-0.39, 0.29) is 11.8 Å². The number of anilines is 1. The second kappa shape index (κ2) is 9.70. The van der Waals surface area contributed by atoms with Crippen molar-refractivity contribution in [3.63, 3.8) is 0 Å². The number of halogens is 2. The van der Waals surface area contributed by atoms with Crippen molar-refractivity contribution < 1.29 is 13.6 Å². The molecule has 0 N–H and O–H groups in total. The number of para-hydroxylation sites is 2. The maximum atomic E-state index is 14.2. The monoisotopic (exact) mass is 467 g/mol. The van der Waals surface area contributed by atoms with Crippen molar-refractivity contribution in [3.8, 4) is 0 Å². The Morgan fingerprint density at radius 2 is 1.85 bits per heavy atom. The molecular formula is C26H31F2N5O. The zero-order valence-electron chi connectivity index (χ0n) is 19.6. The van der Waals surface area contributed by atoms with Gasteiger partial charge in [0, 0.05) is 45.3 Å². The Morgan fingerprint density at radius 3 is 2.62 bits per heavy atom. The summed E-state index contributed by atoms with van der Waals surface area (Å²) in [5.74, 6) is 0.0780. The quantitative estimate of drug-likeness (QED) is 0.571. The number of imidazole rings is 1. The molecule has 1 atom stereocenters. The summed E-state index contributed by atoms with van der Waals surface area (Å²) in [6.45, 7) is 7.64. The van der Waals surface area contributed by atoms with Crippen LogP contribution in [0.2, 0.25) is 0 Å². The lowest BCUT2D eigenvalue weighted by Gasteiger charge is -2.39. The summed E-state index contributed by atoms with van der Waals surface area (Å²) in [6.07, 6.45) is 1.88. The van der Waals surface area contributed by atoms with Gasteiger partial charge in [0.15, 0.2) is 0 Å². The normalized spacial score (nSPS) is 19.7. The lowest BCUT2D eigenvalue weighted by molar-refractivity contribution is -0.137. The number of hydrogen-bond acceptors (Lipinski definition) is 4. The van der Waals surface area contributed by atoms with E-state index in [2.05, 4.69) is 22.5 Å². The predicted molar refractivity (Wildman–Crippen MR) is 129 cm³/mol. The van der Waals surface area contributed by atoms with Crippen LogP contribution in [0.1, 0.15) is 25.6 Å². The van der Waals surface area contributed by atoms with Gasteiger partial charge < -0.3 is 14.4 Å². The van der Waals surface area contributed by atoms with Gasteiger partial charge in [-0.1, -0.05) is 12.1 Å². The Balaban J connectivity index is 1.20. The summed E-state index contributed by atoms with van der Waals surface area (Å²) < 4.78 is 29.6. The fraction of sp³-hybridized carbons (Fsp3) is 0.462. The number of benzene rings is 2. The van der Waals surface area contributed by atoms with Gasteiger partial charge in [-0.2, -0.15) is 0 Å². The van der Waals surface area contributed by atoms with Crippen LogP contribution < -0.4 is 4.90 Å². The number of piperazine rings is 1. The van der Waals surface area contributed by atoms with Crippen molar-refractivity contribution in [1.29, 1.82) is 0 Å². The fourth-order valence-corrected chi connectivity index (χ4v) is 5.36. The van der Waals surface area contributed by atoms with Crippen LogP contribution in [0.15, 0.2) is 42.5 Å². The molecule has 0 radical (unpaired) electrons. The third kappa shape index (κ3) is 4.51. The molecule has 180 valence electrons. The van der Waals surface area contributed by atoms with Crippen LogP contribution in [-0.4, -0.2) is 64.5 Å². The van der Waals surface area contributed by atoms with E-state index < -0.39 is 11.6 Å². The minimum atomic E-state index is -0.577. The molecule has 2 fully saturated rings. The van der Waals surface area contributed by atoms with Crippen LogP contribution in [0.25, 0.3) is 11.0 Å². The highest BCUT2D eigenvalue weighted by molar-refractivity contribution is 5.79. The standard InChI is InChI=1S/C26H31F2N5O/c1-2-33-24-8-4-3-7-22(24)29-25(33)18-30-11-5-6-19(17-30)26(34)32-14-12-31(13-15-32)23-10-9-20(27)16-21(23)28/h3-4,7-10,16,19H,2,5-6,11-15,17-18H2,1H3/t19-/m0/s1. The predicted octanol–water partition coefficient (Wildman–Crippen LogP) is 3.90. The van der Waals surface area contributed by atoms with Gasteiger partial charge in [-0.15, -0.1) is 0 Å². The van der Waals surface area contributed by atoms with Crippen LogP contribution in [-0.2, 0) is 17.9 Å². The van der Waals surface area contributed by atoms with Crippen LogP contribution in [0.3, 0.4) is 0 Å². The van der Waals surface area contributed by atoms with E-state index in [1.54, 1.807) is 0 Å². The summed E-state index contributed by atoms with van der Waals surface area (Å²) in [5.41, 5.74) is 2.57. The Bertz CT molecular complexity index is 1170. The van der Waals surface area contributed by atoms with Gasteiger partial charge in [-0.3, -0.25) is 9.69 Å². The molecule has 3 heterocycles. The van der Waals surface area contributed by atoms with E-state index in [1.165, 1.54) is 12.1 Å². The lowest BCUT2D eigenvalue weighted by atomic mass is 9.96. The Morgan fingerprint density at radius 1 is 1.06 bits per heavy atom. The van der Waals surface area contributed by atoms with Crippen molar-refractivity contribution in [2.45, 2.75) is 32.9 Å². The number of carbonyl (C=O) groups is 1. The Labute approximate surface area is 198 Å². The highest BCUT2D eigenvalue weighted by Gasteiger charge is 2.32. The van der Waals surface area contributed by atoms with E-state index in [0.29, 0.717) is 31.9 Å². The van der Waals surface area contributed by atoms with Crippen molar-refractivity contribution in [3.05, 3.63) is 59.9 Å². The minimum absolute atomic E-state index is 0.0256. The number of rotatable bonds is 5. The topological polar surface area (TPSA) is 44.6 Å². The first-order valence-corrected chi connectivity index (χ1v) is 12.2. The molecule has 6 nitrogen and oxygen atoms in total. The molecule has 0 aliphatic carbocycles. The smallest absolute Gasteiger partial charge is 0.227 e. The molecule has 1 aromatic heterocycles. The molecule has 2 aliphatic rings. The fourth-order valence-electron chi connectivity index (χ4n) is 5.36. The number of aryl methyl sites for hydroxylation is 1. The van der Waals surface area contributed by atoms with Crippen molar-refractivity contribution in [2.24, 2.45) is 5.92 Å². The van der Waals surface area contributed by atoms with Crippen LogP contribution in [0, 0.1) is 17.6 Å². The number of likely N-dealkylation sites (tertiary alicyclic amines) is 1. The van der Waals surface area contributed by atoms with Crippen molar-refractivity contribution in [2.75, 3.05) is 44.2 Å². The average Bonchev–Trinajstić information content (AvgIpc) is 3.21. The molecule has 0 spiro atoms. The summed E-state index contributed by atoms with van der Waals surface area (Å²) in [5, 5.41) is 0. The molecule has 5 rings (SSSR count). The third-order valence-electron chi connectivity index (χ3n) is 7.11. The number of amides is 1. The van der Waals surface area contributed by atoms with Gasteiger partial charge in [0.2, 0.25) is 5.91 Å². The molecule has 0 unspecified atom stereocenters. The van der Waals surface area contributed by atoms with Crippen LogP contribution in [0.4, 0.5) is 14.5 Å². The zero-order valence-corrected chi connectivity index (χ0v) is 19.6. The van der Waals surface area contributed by atoms with E-state index >= 15 is 0 Å². The summed E-state index contributed by atoms with van der Waals surface area (Å²) in [6, 6.07) is 11.9. The highest BCUT2D eigenvalue weighted by Crippen LogP contribution is 2.25. The summed E-state index contributed by atoms with van der Waals surface area (Å²) in [7, 11) is 0. The van der Waals surface area contributed by atoms with Crippen molar-refractivity contribution >= 4 is 22.6 Å². The second-order valence-electron chi connectivity index (χ2n) is 9.24. The van der Waals surface area contributed by atoms with Crippen LogP contribution >= 0.6 is 0 Å². The highest BCUT2D eigenvalue weighted by atomic mass is 19.1. The van der Waals surface area contributed by atoms with Gasteiger partial charge in [0.05, 0.1) is 29.2 Å². The molecular weight excluding hydrogens is 436 g/mol. The molecule has 2 aliphatic heterocycles. The summed E-state index contributed by atoms with van der Waals surface area (Å²) >= 11 is 0. The molecule has 2 saturated heterocycles. The van der Waals surface area contributed by atoms with Gasteiger partial charge in [0.25, 0.3) is 0 Å². The Kier molecular flexibility index (Phi) is 6.50. The van der Waals surface area contributed by atoms with Crippen LogP contribution in [0.5, 0.6) is 0 Å². The number of hydrogen-bond donors (Lipinski definition) is 0. The molecule has 1 amide bonds. The third-order valence-corrected chi connectivity index (χ3v) is 7.11. The van der Waals surface area contributed by atoms with Gasteiger partial charge in [-0.05, 0) is 50.6 Å². The molecule has 0 bridgehead atoms. The average molecular weight is 468 g/mol. The SMILES string of the molecule is CCn1c(CN2CCC[C@H](C(=O)N3CCN(c4ccc(F)cc4F)CC3)C2)nc2ccccc21. The van der Waals surface area contributed by atoms with E-state index in [4.69, 9.17) is 4.98 Å². The number of carbonyl (C=O) groups excluding carboxylic acids is 1. The minimum Gasteiger partial charge on any atom is -0.366 e. The zero-order chi connectivity index (χ0) is 23.7. The molecule has 0 saturated carbocycles. The Hall–Kier alpha value is -3.00. The largest absolute Gasteiger partial charge is 0.366 e.